The molecule has 0 aliphatic heterocycles. The summed E-state index contributed by atoms with van der Waals surface area (Å²) < 4.78 is 5.77. The van der Waals surface area contributed by atoms with E-state index in [1.807, 2.05) is 45.0 Å². The zero-order chi connectivity index (χ0) is 19.2. The summed E-state index contributed by atoms with van der Waals surface area (Å²) in [6.45, 7) is 5.78. The number of nitrogens with one attached hydrogen (secondary N) is 2. The van der Waals surface area contributed by atoms with Crippen molar-refractivity contribution >= 4 is 17.5 Å². The SMILES string of the molecule is Cc1cc(C(=O)Nc2ccccc2OC(C)C)nc(NC2CCCCC2)n1. The van der Waals surface area contributed by atoms with Crippen molar-refractivity contribution in [2.45, 2.75) is 65.0 Å². The second-order valence-corrected chi connectivity index (χ2v) is 7.31. The van der Waals surface area contributed by atoms with Gasteiger partial charge in [-0.1, -0.05) is 31.4 Å². The van der Waals surface area contributed by atoms with Crippen LogP contribution in [0.25, 0.3) is 0 Å². The summed E-state index contributed by atoms with van der Waals surface area (Å²) in [6.07, 6.45) is 6.01. The number of ether oxygens (including phenoxy) is 1. The maximum Gasteiger partial charge on any atom is 0.274 e. The predicted octanol–water partition coefficient (Wildman–Crippen LogP) is 4.57. The lowest BCUT2D eigenvalue weighted by molar-refractivity contribution is 0.102. The minimum absolute atomic E-state index is 0.0237. The number of hydrogen-bond donors (Lipinski definition) is 2. The van der Waals surface area contributed by atoms with Crippen LogP contribution in [0.3, 0.4) is 0 Å². The Morgan fingerprint density at radius 2 is 1.89 bits per heavy atom. The Kier molecular flexibility index (Phi) is 6.27. The molecule has 1 aromatic heterocycles. The molecule has 0 unspecified atom stereocenters. The molecule has 1 aromatic carbocycles. The van der Waals surface area contributed by atoms with Gasteiger partial charge in [-0.3, -0.25) is 4.79 Å². The number of rotatable bonds is 6. The molecule has 1 fully saturated rings. The topological polar surface area (TPSA) is 76.1 Å². The first-order valence-corrected chi connectivity index (χ1v) is 9.70. The average Bonchev–Trinajstić information content (AvgIpc) is 2.63. The summed E-state index contributed by atoms with van der Waals surface area (Å²) in [5.41, 5.74) is 1.74. The highest BCUT2D eigenvalue weighted by atomic mass is 16.5. The van der Waals surface area contributed by atoms with Gasteiger partial charge in [0, 0.05) is 11.7 Å². The van der Waals surface area contributed by atoms with Crippen molar-refractivity contribution in [2.75, 3.05) is 10.6 Å². The van der Waals surface area contributed by atoms with Crippen LogP contribution in [0.5, 0.6) is 5.75 Å². The molecule has 1 aliphatic rings. The lowest BCUT2D eigenvalue weighted by Gasteiger charge is -2.23. The van der Waals surface area contributed by atoms with E-state index in [4.69, 9.17) is 4.74 Å². The van der Waals surface area contributed by atoms with Crippen molar-refractivity contribution in [3.8, 4) is 5.75 Å². The van der Waals surface area contributed by atoms with Gasteiger partial charge in [0.15, 0.2) is 0 Å². The van der Waals surface area contributed by atoms with Crippen molar-refractivity contribution in [2.24, 2.45) is 0 Å². The Morgan fingerprint density at radius 3 is 2.63 bits per heavy atom. The van der Waals surface area contributed by atoms with Crippen LogP contribution in [0, 0.1) is 6.92 Å². The van der Waals surface area contributed by atoms with Gasteiger partial charge in [0.1, 0.15) is 11.4 Å². The molecule has 1 amide bonds. The van der Waals surface area contributed by atoms with Gasteiger partial charge in [-0.2, -0.15) is 0 Å². The maximum absolute atomic E-state index is 12.8. The number of anilines is 2. The van der Waals surface area contributed by atoms with E-state index in [1.54, 1.807) is 6.07 Å². The van der Waals surface area contributed by atoms with Crippen LogP contribution < -0.4 is 15.4 Å². The molecule has 6 heteroatoms. The fourth-order valence-corrected chi connectivity index (χ4v) is 3.29. The molecule has 0 atom stereocenters. The molecule has 0 radical (unpaired) electrons. The van der Waals surface area contributed by atoms with Gasteiger partial charge in [0.05, 0.1) is 11.8 Å². The average molecular weight is 368 g/mol. The number of nitrogens with zero attached hydrogens (tertiary/aromatic N) is 2. The van der Waals surface area contributed by atoms with Gasteiger partial charge in [-0.25, -0.2) is 9.97 Å². The van der Waals surface area contributed by atoms with Gasteiger partial charge in [-0.15, -0.1) is 0 Å². The Bertz CT molecular complexity index is 786. The van der Waals surface area contributed by atoms with E-state index in [0.717, 1.165) is 18.5 Å². The molecule has 144 valence electrons. The first-order chi connectivity index (χ1) is 13.0. The molecule has 27 heavy (non-hydrogen) atoms. The Morgan fingerprint density at radius 1 is 1.15 bits per heavy atom. The fraction of sp³-hybridized carbons (Fsp3) is 0.476. The second-order valence-electron chi connectivity index (χ2n) is 7.31. The van der Waals surface area contributed by atoms with Crippen molar-refractivity contribution < 1.29 is 9.53 Å². The molecule has 6 nitrogen and oxygen atoms in total. The van der Waals surface area contributed by atoms with E-state index >= 15 is 0 Å². The van der Waals surface area contributed by atoms with Crippen LogP contribution in [0.15, 0.2) is 30.3 Å². The number of carbonyl (C=O) groups excluding carboxylic acids is 1. The van der Waals surface area contributed by atoms with Gasteiger partial charge in [0.25, 0.3) is 5.91 Å². The van der Waals surface area contributed by atoms with Gasteiger partial charge in [0.2, 0.25) is 5.95 Å². The van der Waals surface area contributed by atoms with Crippen LogP contribution in [0.1, 0.15) is 62.1 Å². The number of carbonyl (C=O) groups is 1. The standard InChI is InChI=1S/C21H28N4O2/c1-14(2)27-19-12-8-7-11-17(19)24-20(26)18-13-15(3)22-21(25-18)23-16-9-5-4-6-10-16/h7-8,11-14,16H,4-6,9-10H2,1-3H3,(H,24,26)(H,22,23,25). The third-order valence-corrected chi connectivity index (χ3v) is 4.52. The van der Waals surface area contributed by atoms with Crippen LogP contribution in [0.4, 0.5) is 11.6 Å². The largest absolute Gasteiger partial charge is 0.489 e. The van der Waals surface area contributed by atoms with Crippen molar-refractivity contribution in [3.05, 3.63) is 41.7 Å². The second kappa shape index (κ2) is 8.84. The van der Waals surface area contributed by atoms with E-state index in [0.29, 0.717) is 29.1 Å². The van der Waals surface area contributed by atoms with E-state index in [2.05, 4.69) is 20.6 Å². The van der Waals surface area contributed by atoms with Crippen molar-refractivity contribution in [3.63, 3.8) is 0 Å². The number of aryl methyl sites for hydroxylation is 1. The molecule has 2 aromatic rings. The van der Waals surface area contributed by atoms with Crippen LogP contribution in [-0.4, -0.2) is 28.0 Å². The summed E-state index contributed by atoms with van der Waals surface area (Å²) in [5.74, 6) is 0.901. The summed E-state index contributed by atoms with van der Waals surface area (Å²) in [4.78, 5) is 21.7. The molecule has 0 spiro atoms. The van der Waals surface area contributed by atoms with Crippen LogP contribution in [0.2, 0.25) is 0 Å². The monoisotopic (exact) mass is 368 g/mol. The molecular formula is C21H28N4O2. The van der Waals surface area contributed by atoms with Crippen LogP contribution >= 0.6 is 0 Å². The van der Waals surface area contributed by atoms with Crippen LogP contribution in [-0.2, 0) is 0 Å². The summed E-state index contributed by atoms with van der Waals surface area (Å²) in [5, 5.41) is 6.30. The highest BCUT2D eigenvalue weighted by Gasteiger charge is 2.17. The van der Waals surface area contributed by atoms with Gasteiger partial charge >= 0.3 is 0 Å². The minimum atomic E-state index is -0.271. The first-order valence-electron chi connectivity index (χ1n) is 9.70. The summed E-state index contributed by atoms with van der Waals surface area (Å²) in [6, 6.07) is 9.50. The number of aromatic nitrogens is 2. The number of para-hydroxylation sites is 2. The Hall–Kier alpha value is -2.63. The fourth-order valence-electron chi connectivity index (χ4n) is 3.29. The van der Waals surface area contributed by atoms with E-state index in [-0.39, 0.29) is 12.0 Å². The minimum Gasteiger partial charge on any atom is -0.489 e. The predicted molar refractivity (Wildman–Crippen MR) is 107 cm³/mol. The van der Waals surface area contributed by atoms with Gasteiger partial charge in [-0.05, 0) is 51.8 Å². The Balaban J connectivity index is 1.75. The molecule has 1 heterocycles. The zero-order valence-electron chi connectivity index (χ0n) is 16.3. The molecular weight excluding hydrogens is 340 g/mol. The maximum atomic E-state index is 12.8. The third-order valence-electron chi connectivity index (χ3n) is 4.52. The van der Waals surface area contributed by atoms with E-state index in [9.17, 15) is 4.79 Å². The highest BCUT2D eigenvalue weighted by molar-refractivity contribution is 6.03. The smallest absolute Gasteiger partial charge is 0.274 e. The summed E-state index contributed by atoms with van der Waals surface area (Å²) >= 11 is 0. The lowest BCUT2D eigenvalue weighted by Crippen LogP contribution is -2.24. The molecule has 0 bridgehead atoms. The molecule has 3 rings (SSSR count). The lowest BCUT2D eigenvalue weighted by atomic mass is 9.96. The van der Waals surface area contributed by atoms with E-state index < -0.39 is 0 Å². The normalized spacial score (nSPS) is 14.8. The Labute approximate surface area is 160 Å². The highest BCUT2D eigenvalue weighted by Crippen LogP contribution is 2.25. The number of hydrogen-bond acceptors (Lipinski definition) is 5. The number of amides is 1. The molecule has 1 saturated carbocycles. The summed E-state index contributed by atoms with van der Waals surface area (Å²) in [7, 11) is 0. The van der Waals surface area contributed by atoms with E-state index in [1.165, 1.54) is 19.3 Å². The first kappa shape index (κ1) is 19.1. The van der Waals surface area contributed by atoms with Crippen molar-refractivity contribution in [1.29, 1.82) is 0 Å². The van der Waals surface area contributed by atoms with Crippen molar-refractivity contribution in [1.82, 2.24) is 9.97 Å². The number of benzene rings is 1. The molecule has 2 N–H and O–H groups in total. The van der Waals surface area contributed by atoms with Gasteiger partial charge < -0.3 is 15.4 Å². The zero-order valence-corrected chi connectivity index (χ0v) is 16.3. The molecule has 1 aliphatic carbocycles. The molecule has 0 saturated heterocycles. The third kappa shape index (κ3) is 5.42. The quantitative estimate of drug-likeness (QED) is 0.781.